The molecule has 0 aliphatic carbocycles. The average molecular weight is 538 g/mol. The average Bonchev–Trinajstić information content (AvgIpc) is 3.29. The van der Waals surface area contributed by atoms with Gasteiger partial charge < -0.3 is 25.0 Å². The number of esters is 1. The third kappa shape index (κ3) is 5.55. The SMILES string of the molecule is CCOC(=O)c1sc(Nc2nc(N3CCOCC3)c3c(n2)N(Cc2ccc(C(N)=O)cc2)CCC3)nc1C. The second-order valence-corrected chi connectivity index (χ2v) is 10.1. The van der Waals surface area contributed by atoms with Crippen LogP contribution in [-0.2, 0) is 22.4 Å². The summed E-state index contributed by atoms with van der Waals surface area (Å²) in [4.78, 5) is 43.1. The highest BCUT2D eigenvalue weighted by molar-refractivity contribution is 7.17. The van der Waals surface area contributed by atoms with Gasteiger partial charge in [-0.3, -0.25) is 10.1 Å². The Morgan fingerprint density at radius 3 is 2.55 bits per heavy atom. The summed E-state index contributed by atoms with van der Waals surface area (Å²) in [6.07, 6.45) is 1.86. The number of nitrogens with two attached hydrogens (primary N) is 1. The van der Waals surface area contributed by atoms with Gasteiger partial charge in [-0.25, -0.2) is 9.78 Å². The maximum Gasteiger partial charge on any atom is 0.350 e. The summed E-state index contributed by atoms with van der Waals surface area (Å²) in [5.74, 6) is 1.36. The molecule has 5 rings (SSSR count). The number of amides is 1. The highest BCUT2D eigenvalue weighted by atomic mass is 32.1. The van der Waals surface area contributed by atoms with Crippen molar-refractivity contribution in [3.05, 3.63) is 51.5 Å². The number of carbonyl (C=O) groups is 2. The van der Waals surface area contributed by atoms with Crippen molar-refractivity contribution in [2.75, 3.05) is 54.6 Å². The molecule has 4 heterocycles. The molecule has 38 heavy (non-hydrogen) atoms. The van der Waals surface area contributed by atoms with E-state index in [0.29, 0.717) is 53.6 Å². The highest BCUT2D eigenvalue weighted by Crippen LogP contribution is 2.36. The molecule has 0 saturated carbocycles. The molecule has 3 N–H and O–H groups in total. The minimum Gasteiger partial charge on any atom is -0.462 e. The number of morpholine rings is 1. The molecule has 2 aromatic heterocycles. The number of nitrogens with one attached hydrogen (secondary N) is 1. The number of hydrogen-bond donors (Lipinski definition) is 2. The zero-order valence-electron chi connectivity index (χ0n) is 21.5. The molecule has 0 unspecified atom stereocenters. The molecule has 2 aliphatic rings. The molecule has 0 atom stereocenters. The van der Waals surface area contributed by atoms with E-state index in [1.165, 1.54) is 11.3 Å². The molecule has 200 valence electrons. The zero-order valence-corrected chi connectivity index (χ0v) is 22.3. The van der Waals surface area contributed by atoms with E-state index in [2.05, 4.69) is 20.1 Å². The number of anilines is 4. The normalized spacial score (nSPS) is 15.2. The Hall–Kier alpha value is -3.77. The Morgan fingerprint density at radius 2 is 1.84 bits per heavy atom. The van der Waals surface area contributed by atoms with Gasteiger partial charge in [-0.1, -0.05) is 23.5 Å². The van der Waals surface area contributed by atoms with Gasteiger partial charge in [-0.15, -0.1) is 0 Å². The summed E-state index contributed by atoms with van der Waals surface area (Å²) in [6.45, 7) is 8.13. The van der Waals surface area contributed by atoms with Crippen LogP contribution in [0.3, 0.4) is 0 Å². The largest absolute Gasteiger partial charge is 0.462 e. The number of primary amides is 1. The maximum atomic E-state index is 12.3. The second kappa shape index (κ2) is 11.3. The van der Waals surface area contributed by atoms with Crippen LogP contribution in [-0.4, -0.2) is 66.3 Å². The number of benzene rings is 1. The summed E-state index contributed by atoms with van der Waals surface area (Å²) < 4.78 is 10.7. The zero-order chi connectivity index (χ0) is 26.6. The van der Waals surface area contributed by atoms with Crippen LogP contribution in [0.25, 0.3) is 0 Å². The van der Waals surface area contributed by atoms with Gasteiger partial charge >= 0.3 is 5.97 Å². The highest BCUT2D eigenvalue weighted by Gasteiger charge is 2.28. The Bertz CT molecular complexity index is 1320. The molecule has 3 aromatic rings. The van der Waals surface area contributed by atoms with Gasteiger partial charge in [0, 0.05) is 37.3 Å². The van der Waals surface area contributed by atoms with E-state index in [9.17, 15) is 9.59 Å². The molecule has 1 fully saturated rings. The lowest BCUT2D eigenvalue weighted by atomic mass is 10.0. The first-order valence-electron chi connectivity index (χ1n) is 12.7. The molecular formula is C26H31N7O4S. The predicted octanol–water partition coefficient (Wildman–Crippen LogP) is 3.05. The van der Waals surface area contributed by atoms with E-state index in [1.54, 1.807) is 26.0 Å². The van der Waals surface area contributed by atoms with Crippen molar-refractivity contribution in [2.45, 2.75) is 33.2 Å². The van der Waals surface area contributed by atoms with Crippen LogP contribution < -0.4 is 20.9 Å². The molecule has 0 bridgehead atoms. The number of nitrogens with zero attached hydrogens (tertiary/aromatic N) is 5. The Labute approximate surface area is 225 Å². The third-order valence-corrected chi connectivity index (χ3v) is 7.57. The molecule has 11 nitrogen and oxygen atoms in total. The summed E-state index contributed by atoms with van der Waals surface area (Å²) in [5, 5.41) is 3.77. The lowest BCUT2D eigenvalue weighted by molar-refractivity contribution is 0.0531. The summed E-state index contributed by atoms with van der Waals surface area (Å²) >= 11 is 1.23. The van der Waals surface area contributed by atoms with E-state index in [-0.39, 0.29) is 5.97 Å². The van der Waals surface area contributed by atoms with Crippen molar-refractivity contribution >= 4 is 45.9 Å². The first-order valence-corrected chi connectivity index (χ1v) is 13.5. The smallest absolute Gasteiger partial charge is 0.350 e. The van der Waals surface area contributed by atoms with Gasteiger partial charge in [0.2, 0.25) is 11.9 Å². The summed E-state index contributed by atoms with van der Waals surface area (Å²) in [7, 11) is 0. The molecule has 1 amide bonds. The fourth-order valence-corrected chi connectivity index (χ4v) is 5.53. The Kier molecular flexibility index (Phi) is 7.70. The fourth-order valence-electron chi connectivity index (χ4n) is 4.67. The van der Waals surface area contributed by atoms with Crippen molar-refractivity contribution < 1.29 is 19.1 Å². The molecule has 12 heteroatoms. The number of thiazole rings is 1. The number of hydrogen-bond acceptors (Lipinski definition) is 11. The first kappa shape index (κ1) is 25.9. The van der Waals surface area contributed by atoms with E-state index in [0.717, 1.165) is 55.2 Å². The van der Waals surface area contributed by atoms with Crippen molar-refractivity contribution in [1.29, 1.82) is 0 Å². The quantitative estimate of drug-likeness (QED) is 0.413. The number of aryl methyl sites for hydroxylation is 1. The number of carbonyl (C=O) groups excluding carboxylic acids is 2. The summed E-state index contributed by atoms with van der Waals surface area (Å²) in [6, 6.07) is 7.35. The van der Waals surface area contributed by atoms with E-state index in [1.807, 2.05) is 12.1 Å². The van der Waals surface area contributed by atoms with Crippen molar-refractivity contribution in [3.63, 3.8) is 0 Å². The van der Waals surface area contributed by atoms with Crippen molar-refractivity contribution in [2.24, 2.45) is 5.73 Å². The van der Waals surface area contributed by atoms with Gasteiger partial charge in [0.05, 0.1) is 25.5 Å². The molecule has 1 aromatic carbocycles. The minimum atomic E-state index is -0.443. The monoisotopic (exact) mass is 537 g/mol. The standard InChI is InChI=1S/C26H31N7O4S/c1-3-37-24(35)20-16(2)28-26(38-20)31-25-29-22(32-11-13-36-14-12-32)19-5-4-10-33(23(19)30-25)15-17-6-8-18(9-7-17)21(27)34/h6-9H,3-5,10-15H2,1-2H3,(H2,27,34)(H,28,29,30,31). The predicted molar refractivity (Wildman–Crippen MR) is 145 cm³/mol. The Morgan fingerprint density at radius 1 is 1.11 bits per heavy atom. The number of rotatable bonds is 8. The van der Waals surface area contributed by atoms with Gasteiger partial charge in [0.1, 0.15) is 16.5 Å². The third-order valence-electron chi connectivity index (χ3n) is 6.52. The lowest BCUT2D eigenvalue weighted by Gasteiger charge is -2.35. The molecular weight excluding hydrogens is 506 g/mol. The molecule has 0 radical (unpaired) electrons. The van der Waals surface area contributed by atoms with Crippen LogP contribution in [0.15, 0.2) is 24.3 Å². The lowest BCUT2D eigenvalue weighted by Crippen LogP contribution is -2.39. The fraction of sp³-hybridized carbons (Fsp3) is 0.423. The van der Waals surface area contributed by atoms with E-state index >= 15 is 0 Å². The molecule has 0 spiro atoms. The van der Waals surface area contributed by atoms with Crippen LogP contribution in [0.1, 0.15) is 50.2 Å². The van der Waals surface area contributed by atoms with Gasteiger partial charge in [-0.05, 0) is 44.4 Å². The number of aromatic nitrogens is 3. The molecule has 1 saturated heterocycles. The van der Waals surface area contributed by atoms with Gasteiger partial charge in [-0.2, -0.15) is 9.97 Å². The molecule has 2 aliphatic heterocycles. The van der Waals surface area contributed by atoms with Gasteiger partial charge in [0.25, 0.3) is 0 Å². The van der Waals surface area contributed by atoms with Crippen LogP contribution in [0.5, 0.6) is 0 Å². The van der Waals surface area contributed by atoms with Crippen LogP contribution in [0.2, 0.25) is 0 Å². The van der Waals surface area contributed by atoms with Crippen LogP contribution in [0.4, 0.5) is 22.7 Å². The first-order chi connectivity index (χ1) is 18.4. The van der Waals surface area contributed by atoms with Crippen molar-refractivity contribution in [3.8, 4) is 0 Å². The minimum absolute atomic E-state index is 0.302. The topological polar surface area (TPSA) is 136 Å². The van der Waals surface area contributed by atoms with Crippen LogP contribution >= 0.6 is 11.3 Å². The van der Waals surface area contributed by atoms with Crippen LogP contribution in [0, 0.1) is 6.92 Å². The number of fused-ring (bicyclic) bond motifs is 1. The number of ether oxygens (including phenoxy) is 2. The summed E-state index contributed by atoms with van der Waals surface area (Å²) in [5.41, 5.74) is 8.65. The van der Waals surface area contributed by atoms with E-state index in [4.69, 9.17) is 25.2 Å². The van der Waals surface area contributed by atoms with Crippen molar-refractivity contribution in [1.82, 2.24) is 15.0 Å². The second-order valence-electron chi connectivity index (χ2n) is 9.14. The van der Waals surface area contributed by atoms with Gasteiger partial charge in [0.15, 0.2) is 5.13 Å². The van der Waals surface area contributed by atoms with E-state index < -0.39 is 5.91 Å². The Balaban J connectivity index is 1.48. The maximum absolute atomic E-state index is 12.3.